The predicted molar refractivity (Wildman–Crippen MR) is 32.2 cm³/mol. The van der Waals surface area contributed by atoms with Gasteiger partial charge in [0, 0.05) is 6.07 Å². The molecule has 0 amide bonds. The Morgan fingerprint density at radius 2 is 2.62 bits per heavy atom. The molecule has 1 aromatic rings. The third-order valence-corrected chi connectivity index (χ3v) is 3.13. The van der Waals surface area contributed by atoms with Crippen LogP contribution >= 0.6 is 19.4 Å². The van der Waals surface area contributed by atoms with E-state index in [1.807, 2.05) is 11.4 Å². The van der Waals surface area contributed by atoms with Crippen molar-refractivity contribution in [2.45, 2.75) is 0 Å². The van der Waals surface area contributed by atoms with Gasteiger partial charge in [-0.15, -0.1) is 0 Å². The molecule has 1 unspecified atom stereocenters. The highest BCUT2D eigenvalue weighted by molar-refractivity contribution is 7.53. The lowest BCUT2D eigenvalue weighted by molar-refractivity contribution is 0.505. The Morgan fingerprint density at radius 3 is 3.12 bits per heavy atom. The van der Waals surface area contributed by atoms with Crippen LogP contribution in [-0.4, -0.2) is 0 Å². The van der Waals surface area contributed by atoms with Crippen LogP contribution in [0.3, 0.4) is 0 Å². The van der Waals surface area contributed by atoms with Gasteiger partial charge in [0.2, 0.25) is 0 Å². The molecule has 2 rings (SSSR count). The number of hydrogen-bond donors (Lipinski definition) is 0. The van der Waals surface area contributed by atoms with E-state index in [2.05, 4.69) is 0 Å². The molecule has 1 aliphatic heterocycles. The van der Waals surface area contributed by atoms with E-state index in [9.17, 15) is 4.57 Å². The molecule has 0 fully saturated rings. The van der Waals surface area contributed by atoms with E-state index in [1.165, 1.54) is 11.3 Å². The van der Waals surface area contributed by atoms with Gasteiger partial charge in [-0.25, -0.2) is 4.52 Å². The predicted octanol–water partition coefficient (Wildman–Crippen LogP) is 1.51. The molecule has 8 heavy (non-hydrogen) atoms. The van der Waals surface area contributed by atoms with Crippen LogP contribution < -0.4 is 9.83 Å². The van der Waals surface area contributed by atoms with Gasteiger partial charge in [0.15, 0.2) is 0 Å². The molecule has 0 bridgehead atoms. The van der Waals surface area contributed by atoms with Crippen molar-refractivity contribution >= 4 is 24.7 Å². The lowest BCUT2D eigenvalue weighted by atomic mass is 10.6. The van der Waals surface area contributed by atoms with Gasteiger partial charge in [-0.1, -0.05) is 11.3 Å². The van der Waals surface area contributed by atoms with Gasteiger partial charge < -0.3 is 0 Å². The quantitative estimate of drug-likeness (QED) is 0.517. The minimum atomic E-state index is -1.44. The molecule has 1 aromatic heterocycles. The fourth-order valence-corrected chi connectivity index (χ4v) is 2.56. The summed E-state index contributed by atoms with van der Waals surface area (Å²) in [4.78, 5) is 0. The first-order valence-electron chi connectivity index (χ1n) is 2.10. The van der Waals surface area contributed by atoms with Gasteiger partial charge >= 0.3 is 8.03 Å². The van der Waals surface area contributed by atoms with Gasteiger partial charge in [0.1, 0.15) is 0 Å². The highest BCUT2D eigenvalue weighted by Gasteiger charge is 2.43. The summed E-state index contributed by atoms with van der Waals surface area (Å²) < 4.78 is 15.3. The zero-order chi connectivity index (χ0) is 5.56. The average molecular weight is 145 g/mol. The summed E-state index contributed by atoms with van der Waals surface area (Å²) in [5, 5.41) is 3.58. The van der Waals surface area contributed by atoms with Crippen LogP contribution in [0.1, 0.15) is 0 Å². The van der Waals surface area contributed by atoms with Crippen LogP contribution in [0.15, 0.2) is 11.4 Å². The highest BCUT2D eigenvalue weighted by Crippen LogP contribution is 2.42. The van der Waals surface area contributed by atoms with Crippen molar-refractivity contribution < 1.29 is 9.09 Å². The summed E-state index contributed by atoms with van der Waals surface area (Å²) in [6, 6.07) is 1.84. The normalized spacial score (nSPS) is 18.8. The van der Waals surface area contributed by atoms with Crippen LogP contribution in [-0.2, 0) is 4.57 Å². The Labute approximate surface area is 51.0 Å². The molecular formula is C4H2O2PS+. The second-order valence-corrected chi connectivity index (χ2v) is 3.50. The van der Waals surface area contributed by atoms with Crippen molar-refractivity contribution in [1.29, 1.82) is 0 Å². The molecular weight excluding hydrogens is 143 g/mol. The van der Waals surface area contributed by atoms with Crippen molar-refractivity contribution in [2.24, 2.45) is 0 Å². The van der Waals surface area contributed by atoms with E-state index in [1.54, 1.807) is 0 Å². The largest absolute Gasteiger partial charge is 0.603 e. The van der Waals surface area contributed by atoms with E-state index in [4.69, 9.17) is 4.52 Å². The number of fused-ring (bicyclic) bond motifs is 1. The van der Waals surface area contributed by atoms with Gasteiger partial charge in [-0.05, 0) is 9.95 Å². The molecule has 40 valence electrons. The maximum absolute atomic E-state index is 10.5. The van der Waals surface area contributed by atoms with Gasteiger partial charge in [0.25, 0.3) is 10.4 Å². The van der Waals surface area contributed by atoms with E-state index in [-0.39, 0.29) is 0 Å². The van der Waals surface area contributed by atoms with Crippen molar-refractivity contribution in [3.8, 4) is 5.06 Å². The molecule has 0 N–H and O–H groups in total. The van der Waals surface area contributed by atoms with Crippen LogP contribution in [0.5, 0.6) is 5.06 Å². The molecule has 0 saturated heterocycles. The Hall–Kier alpha value is -0.400. The Kier molecular flexibility index (Phi) is 0.729. The lowest BCUT2D eigenvalue weighted by Crippen LogP contribution is -2.08. The van der Waals surface area contributed by atoms with E-state index in [0.717, 1.165) is 10.4 Å². The van der Waals surface area contributed by atoms with E-state index in [0.29, 0.717) is 0 Å². The summed E-state index contributed by atoms with van der Waals surface area (Å²) in [6.45, 7) is 0. The van der Waals surface area contributed by atoms with Crippen molar-refractivity contribution in [2.75, 3.05) is 0 Å². The van der Waals surface area contributed by atoms with Crippen LogP contribution in [0.25, 0.3) is 0 Å². The molecule has 0 aromatic carbocycles. The van der Waals surface area contributed by atoms with E-state index >= 15 is 0 Å². The first-order valence-corrected chi connectivity index (χ1v) is 4.16. The second-order valence-electron chi connectivity index (χ2n) is 1.44. The summed E-state index contributed by atoms with van der Waals surface area (Å²) in [5.74, 6) is 0. The number of rotatable bonds is 0. The average Bonchev–Trinajstić information content (AvgIpc) is 2.09. The van der Waals surface area contributed by atoms with Gasteiger partial charge in [0.05, 0.1) is 0 Å². The maximum Gasteiger partial charge on any atom is 0.603 e. The number of hydrogen-bond acceptors (Lipinski definition) is 3. The molecule has 0 saturated carbocycles. The standard InChI is InChI=1S/C4H2O2PS/c5-7-3-1-2-8-4(3)6-7/h1-2H/q+1. The summed E-state index contributed by atoms with van der Waals surface area (Å²) in [7, 11) is -1.44. The van der Waals surface area contributed by atoms with Gasteiger partial charge in [-0.3, -0.25) is 0 Å². The number of thiophene rings is 1. The Morgan fingerprint density at radius 1 is 1.75 bits per heavy atom. The Bertz CT molecular complexity index is 242. The lowest BCUT2D eigenvalue weighted by Gasteiger charge is -1.93. The zero-order valence-electron chi connectivity index (χ0n) is 3.83. The van der Waals surface area contributed by atoms with E-state index < -0.39 is 8.03 Å². The topological polar surface area (TPSA) is 26.3 Å². The minimum Gasteiger partial charge on any atom is -0.234 e. The fraction of sp³-hybridized carbons (Fsp3) is 0. The molecule has 4 heteroatoms. The van der Waals surface area contributed by atoms with Crippen LogP contribution in [0, 0.1) is 0 Å². The summed E-state index contributed by atoms with van der Waals surface area (Å²) in [5.41, 5.74) is 0. The third kappa shape index (κ3) is 0.383. The van der Waals surface area contributed by atoms with Crippen LogP contribution in [0.4, 0.5) is 0 Å². The van der Waals surface area contributed by atoms with Crippen molar-refractivity contribution in [1.82, 2.24) is 0 Å². The van der Waals surface area contributed by atoms with Crippen molar-refractivity contribution in [3.63, 3.8) is 0 Å². The summed E-state index contributed by atoms with van der Waals surface area (Å²) >= 11 is 1.49. The van der Waals surface area contributed by atoms with Crippen LogP contribution in [0.2, 0.25) is 0 Å². The molecule has 1 atom stereocenters. The molecule has 1 aliphatic rings. The summed E-state index contributed by atoms with van der Waals surface area (Å²) in [6.07, 6.45) is 0. The Balaban J connectivity index is 2.68. The smallest absolute Gasteiger partial charge is 0.234 e. The third-order valence-electron chi connectivity index (χ3n) is 0.973. The zero-order valence-corrected chi connectivity index (χ0v) is 5.54. The SMILES string of the molecule is O=[P+]1Oc2sccc21. The first-order chi connectivity index (χ1) is 3.88. The van der Waals surface area contributed by atoms with Gasteiger partial charge in [-0.2, -0.15) is 0 Å². The highest BCUT2D eigenvalue weighted by atomic mass is 32.1. The molecule has 0 aliphatic carbocycles. The molecule has 0 spiro atoms. The minimum absolute atomic E-state index is 0.825. The maximum atomic E-state index is 10.5. The second kappa shape index (κ2) is 1.30. The molecule has 0 radical (unpaired) electrons. The molecule has 2 nitrogen and oxygen atoms in total. The fourth-order valence-electron chi connectivity index (χ4n) is 0.578. The molecule has 2 heterocycles. The first kappa shape index (κ1) is 4.48. The monoisotopic (exact) mass is 145 g/mol. The van der Waals surface area contributed by atoms with Crippen molar-refractivity contribution in [3.05, 3.63) is 11.4 Å².